The lowest BCUT2D eigenvalue weighted by Crippen LogP contribution is -2.44. The van der Waals surface area contributed by atoms with Crippen LogP contribution in [0, 0.1) is 0 Å². The number of benzene rings is 2. The zero-order chi connectivity index (χ0) is 20.4. The zero-order valence-corrected chi connectivity index (χ0v) is 16.6. The molecule has 0 spiro atoms. The number of hydrogen-bond donors (Lipinski definition) is 1. The minimum absolute atomic E-state index is 0.0791. The molecule has 1 unspecified atom stereocenters. The number of amides is 3. The molecule has 4 rings (SSSR count). The minimum atomic E-state index is -0.434. The first-order chi connectivity index (χ1) is 14.1. The maximum Gasteiger partial charge on any atom is 0.256 e. The van der Waals surface area contributed by atoms with Crippen molar-refractivity contribution in [3.63, 3.8) is 0 Å². The summed E-state index contributed by atoms with van der Waals surface area (Å²) in [5.41, 5.74) is 2.48. The van der Waals surface area contributed by atoms with Crippen LogP contribution in [-0.2, 0) is 11.3 Å². The normalized spacial score (nSPS) is 18.3. The number of anilines is 1. The minimum Gasteiger partial charge on any atom is -0.352 e. The SMILES string of the molecule is CCCNC(=O)c1ccccc1CN1C(=O)C2CCCN2C(=O)c2ccccc21. The maximum absolute atomic E-state index is 13.4. The first-order valence-electron chi connectivity index (χ1n) is 10.2. The van der Waals surface area contributed by atoms with Crippen LogP contribution in [0.4, 0.5) is 5.69 Å². The van der Waals surface area contributed by atoms with Crippen molar-refractivity contribution < 1.29 is 14.4 Å². The van der Waals surface area contributed by atoms with E-state index in [1.165, 1.54) is 0 Å². The molecule has 0 aliphatic carbocycles. The van der Waals surface area contributed by atoms with Crippen molar-refractivity contribution in [1.82, 2.24) is 10.2 Å². The van der Waals surface area contributed by atoms with Crippen LogP contribution >= 0.6 is 0 Å². The van der Waals surface area contributed by atoms with Gasteiger partial charge < -0.3 is 15.1 Å². The Kier molecular flexibility index (Phi) is 5.34. The number of hydrogen-bond acceptors (Lipinski definition) is 3. The smallest absolute Gasteiger partial charge is 0.256 e. The van der Waals surface area contributed by atoms with Gasteiger partial charge in [0.2, 0.25) is 5.91 Å². The van der Waals surface area contributed by atoms with Gasteiger partial charge in [-0.3, -0.25) is 14.4 Å². The van der Waals surface area contributed by atoms with E-state index in [2.05, 4.69) is 5.32 Å². The van der Waals surface area contributed by atoms with E-state index in [9.17, 15) is 14.4 Å². The Morgan fingerprint density at radius 3 is 2.69 bits per heavy atom. The summed E-state index contributed by atoms with van der Waals surface area (Å²) >= 11 is 0. The van der Waals surface area contributed by atoms with Crippen LogP contribution in [0.2, 0.25) is 0 Å². The van der Waals surface area contributed by atoms with Gasteiger partial charge in [0.05, 0.1) is 17.8 Å². The molecule has 29 heavy (non-hydrogen) atoms. The van der Waals surface area contributed by atoms with E-state index >= 15 is 0 Å². The summed E-state index contributed by atoms with van der Waals surface area (Å²) in [6, 6.07) is 14.2. The van der Waals surface area contributed by atoms with Gasteiger partial charge in [0, 0.05) is 18.7 Å². The van der Waals surface area contributed by atoms with Crippen molar-refractivity contribution >= 4 is 23.4 Å². The van der Waals surface area contributed by atoms with Crippen molar-refractivity contribution in [2.45, 2.75) is 38.8 Å². The average molecular weight is 391 g/mol. The summed E-state index contributed by atoms with van der Waals surface area (Å²) in [4.78, 5) is 42.5. The molecule has 1 atom stereocenters. The lowest BCUT2D eigenvalue weighted by Gasteiger charge is -2.26. The van der Waals surface area contributed by atoms with Gasteiger partial charge in [-0.05, 0) is 43.0 Å². The summed E-state index contributed by atoms with van der Waals surface area (Å²) < 4.78 is 0. The van der Waals surface area contributed by atoms with E-state index < -0.39 is 6.04 Å². The van der Waals surface area contributed by atoms with Crippen LogP contribution in [0.15, 0.2) is 48.5 Å². The molecule has 0 bridgehead atoms. The maximum atomic E-state index is 13.4. The van der Waals surface area contributed by atoms with Crippen molar-refractivity contribution in [1.29, 1.82) is 0 Å². The van der Waals surface area contributed by atoms with Crippen molar-refractivity contribution in [2.75, 3.05) is 18.0 Å². The summed E-state index contributed by atoms with van der Waals surface area (Å²) in [7, 11) is 0. The molecule has 2 aliphatic rings. The van der Waals surface area contributed by atoms with Gasteiger partial charge in [0.15, 0.2) is 0 Å². The van der Waals surface area contributed by atoms with Crippen molar-refractivity contribution in [3.05, 3.63) is 65.2 Å². The predicted octanol–water partition coefficient (Wildman–Crippen LogP) is 2.98. The molecule has 2 aliphatic heterocycles. The molecule has 1 fully saturated rings. The molecule has 1 saturated heterocycles. The topological polar surface area (TPSA) is 69.7 Å². The Bertz CT molecular complexity index is 956. The molecule has 2 aromatic rings. The fourth-order valence-corrected chi connectivity index (χ4v) is 4.16. The number of carbonyl (C=O) groups is 3. The second-order valence-electron chi connectivity index (χ2n) is 7.51. The standard InChI is InChI=1S/C23H25N3O3/c1-2-13-24-21(27)17-9-4-3-8-16(17)15-26-19-11-6-5-10-18(19)22(28)25-14-7-12-20(25)23(26)29/h3-6,8-11,20H,2,7,12-15H2,1H3,(H,24,27). The van der Waals surface area contributed by atoms with Crippen molar-refractivity contribution in [3.8, 4) is 0 Å². The molecule has 1 N–H and O–H groups in total. The summed E-state index contributed by atoms with van der Waals surface area (Å²) in [5, 5.41) is 2.91. The average Bonchev–Trinajstić information content (AvgIpc) is 3.22. The van der Waals surface area contributed by atoms with Gasteiger partial charge in [-0.25, -0.2) is 0 Å². The van der Waals surface area contributed by atoms with Crippen LogP contribution < -0.4 is 10.2 Å². The highest BCUT2D eigenvalue weighted by atomic mass is 16.2. The number of rotatable bonds is 5. The van der Waals surface area contributed by atoms with E-state index in [0.29, 0.717) is 36.3 Å². The summed E-state index contributed by atoms with van der Waals surface area (Å²) in [6.07, 6.45) is 2.35. The Morgan fingerprint density at radius 2 is 1.86 bits per heavy atom. The molecular formula is C23H25N3O3. The molecule has 2 aromatic carbocycles. The van der Waals surface area contributed by atoms with Crippen LogP contribution in [0.3, 0.4) is 0 Å². The van der Waals surface area contributed by atoms with Gasteiger partial charge >= 0.3 is 0 Å². The summed E-state index contributed by atoms with van der Waals surface area (Å²) in [6.45, 7) is 3.46. The van der Waals surface area contributed by atoms with E-state index in [-0.39, 0.29) is 24.3 Å². The van der Waals surface area contributed by atoms with Crippen LogP contribution in [0.1, 0.15) is 52.5 Å². The van der Waals surface area contributed by atoms with E-state index in [1.807, 2.05) is 43.3 Å². The number of carbonyl (C=O) groups excluding carboxylic acids is 3. The van der Waals surface area contributed by atoms with Crippen LogP contribution in [0.25, 0.3) is 0 Å². The first-order valence-corrected chi connectivity index (χ1v) is 10.2. The number of nitrogens with one attached hydrogen (secondary N) is 1. The van der Waals surface area contributed by atoms with Gasteiger partial charge in [-0.1, -0.05) is 37.3 Å². The first kappa shape index (κ1) is 19.2. The molecule has 6 heteroatoms. The van der Waals surface area contributed by atoms with Gasteiger partial charge in [-0.15, -0.1) is 0 Å². The fourth-order valence-electron chi connectivity index (χ4n) is 4.16. The van der Waals surface area contributed by atoms with Crippen LogP contribution in [-0.4, -0.2) is 41.8 Å². The zero-order valence-electron chi connectivity index (χ0n) is 16.6. The third kappa shape index (κ3) is 3.50. The second-order valence-corrected chi connectivity index (χ2v) is 7.51. The lowest BCUT2D eigenvalue weighted by molar-refractivity contribution is -0.122. The Labute approximate surface area is 170 Å². The number of para-hydroxylation sites is 1. The fraction of sp³-hybridized carbons (Fsp3) is 0.348. The second kappa shape index (κ2) is 8.07. The highest BCUT2D eigenvalue weighted by molar-refractivity contribution is 6.11. The predicted molar refractivity (Wildman–Crippen MR) is 111 cm³/mol. The Balaban J connectivity index is 1.73. The molecule has 3 amide bonds. The number of nitrogens with zero attached hydrogens (tertiary/aromatic N) is 2. The van der Waals surface area contributed by atoms with E-state index in [4.69, 9.17) is 0 Å². The third-order valence-electron chi connectivity index (χ3n) is 5.62. The Hall–Kier alpha value is -3.15. The highest BCUT2D eigenvalue weighted by Gasteiger charge is 2.42. The van der Waals surface area contributed by atoms with Gasteiger partial charge in [0.25, 0.3) is 11.8 Å². The number of fused-ring (bicyclic) bond motifs is 2. The molecule has 2 heterocycles. The molecule has 0 aromatic heterocycles. The van der Waals surface area contributed by atoms with E-state index in [0.717, 1.165) is 18.4 Å². The van der Waals surface area contributed by atoms with Gasteiger partial charge in [-0.2, -0.15) is 0 Å². The van der Waals surface area contributed by atoms with Gasteiger partial charge in [0.1, 0.15) is 6.04 Å². The van der Waals surface area contributed by atoms with E-state index in [1.54, 1.807) is 21.9 Å². The molecule has 6 nitrogen and oxygen atoms in total. The molecule has 0 radical (unpaired) electrons. The molecule has 0 saturated carbocycles. The molecular weight excluding hydrogens is 366 g/mol. The quantitative estimate of drug-likeness (QED) is 0.852. The monoisotopic (exact) mass is 391 g/mol. The largest absolute Gasteiger partial charge is 0.352 e. The third-order valence-corrected chi connectivity index (χ3v) is 5.62. The lowest BCUT2D eigenvalue weighted by atomic mass is 10.0. The highest BCUT2D eigenvalue weighted by Crippen LogP contribution is 2.33. The Morgan fingerprint density at radius 1 is 1.10 bits per heavy atom. The van der Waals surface area contributed by atoms with Crippen LogP contribution in [0.5, 0.6) is 0 Å². The summed E-state index contributed by atoms with van der Waals surface area (Å²) in [5.74, 6) is -0.311. The van der Waals surface area contributed by atoms with Crippen molar-refractivity contribution in [2.24, 2.45) is 0 Å². The molecule has 150 valence electrons.